The lowest BCUT2D eigenvalue weighted by Crippen LogP contribution is -2.63. The fourth-order valence-electron chi connectivity index (χ4n) is 4.00. The standard InChI is InChI=1S/C18H25NO7/c1-10-15(21)25-13-6-8-19-7-5-12(14(13)19)9-24-16(22)17(3,23)18(10,4)26-11(2)20/h5,10,13-14,23H,6-9H2,1-4H3/t10-,13-,14-,17-,18+/m1/s1. The molecule has 0 spiro atoms. The van der Waals surface area contributed by atoms with Gasteiger partial charge in [0.05, 0.1) is 12.0 Å². The van der Waals surface area contributed by atoms with Crippen molar-refractivity contribution in [3.63, 3.8) is 0 Å². The summed E-state index contributed by atoms with van der Waals surface area (Å²) in [6, 6.07) is -0.123. The van der Waals surface area contributed by atoms with Gasteiger partial charge in [0.25, 0.3) is 0 Å². The maximum absolute atomic E-state index is 12.8. The molecule has 0 bridgehead atoms. The van der Waals surface area contributed by atoms with Gasteiger partial charge in [-0.2, -0.15) is 0 Å². The van der Waals surface area contributed by atoms with Crippen molar-refractivity contribution >= 4 is 17.9 Å². The van der Waals surface area contributed by atoms with Gasteiger partial charge in [0.1, 0.15) is 12.7 Å². The van der Waals surface area contributed by atoms with E-state index < -0.39 is 35.0 Å². The average molecular weight is 367 g/mol. The fourth-order valence-corrected chi connectivity index (χ4v) is 4.00. The molecule has 26 heavy (non-hydrogen) atoms. The van der Waals surface area contributed by atoms with E-state index in [9.17, 15) is 19.5 Å². The average Bonchev–Trinajstić information content (AvgIpc) is 3.13. The van der Waals surface area contributed by atoms with Crippen LogP contribution in [0, 0.1) is 5.92 Å². The summed E-state index contributed by atoms with van der Waals surface area (Å²) in [5.74, 6) is -3.37. The number of hydrogen-bond acceptors (Lipinski definition) is 8. The second-order valence-corrected chi connectivity index (χ2v) is 7.55. The molecule has 3 rings (SSSR count). The molecule has 8 heteroatoms. The van der Waals surface area contributed by atoms with E-state index in [-0.39, 0.29) is 18.8 Å². The number of nitrogens with zero attached hydrogens (tertiary/aromatic N) is 1. The maximum atomic E-state index is 12.8. The molecule has 1 N–H and O–H groups in total. The molecule has 0 aliphatic carbocycles. The lowest BCUT2D eigenvalue weighted by molar-refractivity contribution is -0.218. The Morgan fingerprint density at radius 3 is 2.73 bits per heavy atom. The number of ether oxygens (including phenoxy) is 3. The summed E-state index contributed by atoms with van der Waals surface area (Å²) in [5, 5.41) is 10.9. The van der Waals surface area contributed by atoms with Gasteiger partial charge in [0.2, 0.25) is 0 Å². The van der Waals surface area contributed by atoms with E-state index in [1.807, 2.05) is 6.08 Å². The molecule has 0 aromatic rings. The van der Waals surface area contributed by atoms with Gasteiger partial charge >= 0.3 is 17.9 Å². The minimum absolute atomic E-state index is 0.00523. The van der Waals surface area contributed by atoms with Gasteiger partial charge in [0, 0.05) is 20.0 Å². The number of aliphatic hydroxyl groups is 1. The van der Waals surface area contributed by atoms with Crippen LogP contribution < -0.4 is 0 Å². The molecule has 5 atom stereocenters. The van der Waals surface area contributed by atoms with Gasteiger partial charge in [0.15, 0.2) is 11.2 Å². The predicted molar refractivity (Wildman–Crippen MR) is 88.9 cm³/mol. The van der Waals surface area contributed by atoms with Crippen LogP contribution in [0.3, 0.4) is 0 Å². The van der Waals surface area contributed by atoms with Gasteiger partial charge in [-0.25, -0.2) is 4.79 Å². The van der Waals surface area contributed by atoms with E-state index in [4.69, 9.17) is 14.2 Å². The van der Waals surface area contributed by atoms with E-state index in [1.54, 1.807) is 0 Å². The second kappa shape index (κ2) is 6.35. The molecule has 3 aliphatic rings. The zero-order valence-electron chi connectivity index (χ0n) is 15.5. The highest BCUT2D eigenvalue weighted by atomic mass is 16.6. The normalized spacial score (nSPS) is 40.8. The molecule has 0 amide bonds. The molecule has 0 radical (unpaired) electrons. The van der Waals surface area contributed by atoms with E-state index >= 15 is 0 Å². The molecule has 3 aliphatic heterocycles. The molecule has 0 unspecified atom stereocenters. The van der Waals surface area contributed by atoms with Crippen molar-refractivity contribution in [2.24, 2.45) is 5.92 Å². The Kier molecular flexibility index (Phi) is 4.60. The van der Waals surface area contributed by atoms with Crippen LogP contribution in [-0.2, 0) is 28.6 Å². The van der Waals surface area contributed by atoms with Crippen molar-refractivity contribution in [3.8, 4) is 0 Å². The summed E-state index contributed by atoms with van der Waals surface area (Å²) in [5.41, 5.74) is -3.21. The van der Waals surface area contributed by atoms with Crippen LogP contribution >= 0.6 is 0 Å². The third-order valence-electron chi connectivity index (χ3n) is 5.95. The predicted octanol–water partition coefficient (Wildman–Crippen LogP) is 0.178. The van der Waals surface area contributed by atoms with Crippen LogP contribution in [0.25, 0.3) is 0 Å². The van der Waals surface area contributed by atoms with E-state index in [2.05, 4.69) is 4.90 Å². The van der Waals surface area contributed by atoms with E-state index in [0.29, 0.717) is 13.0 Å². The number of rotatable bonds is 1. The topological polar surface area (TPSA) is 102 Å². The van der Waals surface area contributed by atoms with Gasteiger partial charge in [-0.3, -0.25) is 14.5 Å². The number of carbonyl (C=O) groups is 3. The molecule has 2 fully saturated rings. The molecular formula is C18H25NO7. The molecule has 8 nitrogen and oxygen atoms in total. The highest BCUT2D eigenvalue weighted by Gasteiger charge is 2.59. The monoisotopic (exact) mass is 367 g/mol. The quantitative estimate of drug-likeness (QED) is 0.398. The first-order valence-corrected chi connectivity index (χ1v) is 8.80. The van der Waals surface area contributed by atoms with Gasteiger partial charge in [-0.15, -0.1) is 0 Å². The zero-order valence-corrected chi connectivity index (χ0v) is 15.5. The molecule has 0 saturated carbocycles. The second-order valence-electron chi connectivity index (χ2n) is 7.55. The third-order valence-corrected chi connectivity index (χ3v) is 5.95. The summed E-state index contributed by atoms with van der Waals surface area (Å²) >= 11 is 0. The van der Waals surface area contributed by atoms with E-state index in [1.165, 1.54) is 20.8 Å². The molecule has 144 valence electrons. The van der Waals surface area contributed by atoms with Crippen molar-refractivity contribution in [1.29, 1.82) is 0 Å². The number of carbonyl (C=O) groups excluding carboxylic acids is 3. The SMILES string of the molecule is CC(=O)O[C@@]1(C)[C@H](C)C(=O)O[C@@H]2CCN3CC=C(COC(=O)[C@@]1(C)O)[C@H]23. The molecule has 0 aromatic heterocycles. The minimum atomic E-state index is -2.23. The smallest absolute Gasteiger partial charge is 0.342 e. The lowest BCUT2D eigenvalue weighted by Gasteiger charge is -2.42. The highest BCUT2D eigenvalue weighted by Crippen LogP contribution is 2.39. The fraction of sp³-hybridized carbons (Fsp3) is 0.722. The molecule has 3 heterocycles. The minimum Gasteiger partial charge on any atom is -0.460 e. The first kappa shape index (κ1) is 18.8. The Balaban J connectivity index is 2.01. The van der Waals surface area contributed by atoms with Crippen molar-refractivity contribution in [1.82, 2.24) is 4.90 Å². The highest BCUT2D eigenvalue weighted by molar-refractivity contribution is 5.84. The molecular weight excluding hydrogens is 342 g/mol. The van der Waals surface area contributed by atoms with Gasteiger partial charge in [-0.1, -0.05) is 6.08 Å². The third kappa shape index (κ3) is 2.81. The van der Waals surface area contributed by atoms with Gasteiger partial charge < -0.3 is 19.3 Å². The zero-order chi connectivity index (χ0) is 19.3. The van der Waals surface area contributed by atoms with Crippen LogP contribution in [-0.4, -0.2) is 71.0 Å². The first-order chi connectivity index (χ1) is 12.1. The Morgan fingerprint density at radius 2 is 2.08 bits per heavy atom. The van der Waals surface area contributed by atoms with Crippen LogP contribution in [0.5, 0.6) is 0 Å². The first-order valence-electron chi connectivity index (χ1n) is 8.80. The summed E-state index contributed by atoms with van der Waals surface area (Å²) in [4.78, 5) is 39.2. The number of hydrogen-bond donors (Lipinski definition) is 1. The Labute approximate surface area is 152 Å². The number of esters is 3. The Hall–Kier alpha value is -1.93. The van der Waals surface area contributed by atoms with Crippen LogP contribution in [0.2, 0.25) is 0 Å². The van der Waals surface area contributed by atoms with E-state index in [0.717, 1.165) is 19.0 Å². The summed E-state index contributed by atoms with van der Waals surface area (Å²) < 4.78 is 16.3. The van der Waals surface area contributed by atoms with Crippen molar-refractivity contribution in [3.05, 3.63) is 11.6 Å². The maximum Gasteiger partial charge on any atom is 0.342 e. The Morgan fingerprint density at radius 1 is 1.38 bits per heavy atom. The molecule has 2 saturated heterocycles. The Bertz CT molecular complexity index is 670. The van der Waals surface area contributed by atoms with Crippen molar-refractivity contribution in [2.45, 2.75) is 57.5 Å². The van der Waals surface area contributed by atoms with Crippen molar-refractivity contribution < 1.29 is 33.7 Å². The lowest BCUT2D eigenvalue weighted by atomic mass is 9.76. The number of cyclic esters (lactones) is 1. The van der Waals surface area contributed by atoms with Crippen LogP contribution in [0.1, 0.15) is 34.1 Å². The van der Waals surface area contributed by atoms with Crippen molar-refractivity contribution in [2.75, 3.05) is 19.7 Å². The summed E-state index contributed by atoms with van der Waals surface area (Å²) in [6.45, 7) is 6.65. The van der Waals surface area contributed by atoms with Gasteiger partial charge in [-0.05, 0) is 32.8 Å². The van der Waals surface area contributed by atoms with Crippen LogP contribution in [0.15, 0.2) is 11.6 Å². The summed E-state index contributed by atoms with van der Waals surface area (Å²) in [6.07, 6.45) is 2.27. The largest absolute Gasteiger partial charge is 0.460 e. The van der Waals surface area contributed by atoms with Crippen LogP contribution in [0.4, 0.5) is 0 Å². The molecule has 0 aromatic carbocycles. The summed E-state index contributed by atoms with van der Waals surface area (Å²) in [7, 11) is 0.